The maximum atomic E-state index is 12.7. The summed E-state index contributed by atoms with van der Waals surface area (Å²) in [5, 5.41) is 0.600. The predicted octanol–water partition coefficient (Wildman–Crippen LogP) is 4.67. The molecular weight excluding hydrogens is 412 g/mol. The van der Waals surface area contributed by atoms with Crippen LogP contribution >= 0.6 is 11.6 Å². The lowest BCUT2D eigenvalue weighted by molar-refractivity contribution is -0.128. The molecular formula is C24H23ClN4O2. The number of nitrogens with zero attached hydrogens (tertiary/aromatic N) is 4. The van der Waals surface area contributed by atoms with Gasteiger partial charge in [0.2, 0.25) is 11.8 Å². The minimum absolute atomic E-state index is 0.0173. The zero-order valence-corrected chi connectivity index (χ0v) is 17.9. The second kappa shape index (κ2) is 9.62. The summed E-state index contributed by atoms with van der Waals surface area (Å²) in [7, 11) is 0. The van der Waals surface area contributed by atoms with Crippen molar-refractivity contribution >= 4 is 29.4 Å². The first-order chi connectivity index (χ1) is 15.1. The third-order valence-electron chi connectivity index (χ3n) is 5.10. The first-order valence-electron chi connectivity index (χ1n) is 10.1. The van der Waals surface area contributed by atoms with E-state index in [-0.39, 0.29) is 11.9 Å². The zero-order chi connectivity index (χ0) is 21.6. The molecule has 0 aliphatic carbocycles. The molecule has 2 aromatic carbocycles. The van der Waals surface area contributed by atoms with E-state index >= 15 is 0 Å². The van der Waals surface area contributed by atoms with Crippen LogP contribution in [0, 0.1) is 0 Å². The lowest BCUT2D eigenvalue weighted by atomic mass is 10.1. The van der Waals surface area contributed by atoms with E-state index < -0.39 is 0 Å². The van der Waals surface area contributed by atoms with Gasteiger partial charge in [-0.3, -0.25) is 4.79 Å². The Hall–Kier alpha value is -3.38. The normalized spacial score (nSPS) is 16.5. The Morgan fingerprint density at radius 3 is 2.71 bits per heavy atom. The number of carbonyl (C=O) groups excluding carboxylic acids is 1. The molecule has 0 N–H and O–H groups in total. The highest BCUT2D eigenvalue weighted by Gasteiger charge is 2.27. The average Bonchev–Trinajstić information content (AvgIpc) is 2.78. The van der Waals surface area contributed by atoms with Crippen molar-refractivity contribution in [1.82, 2.24) is 14.9 Å². The van der Waals surface area contributed by atoms with Gasteiger partial charge in [-0.05, 0) is 36.8 Å². The van der Waals surface area contributed by atoms with Gasteiger partial charge < -0.3 is 14.5 Å². The van der Waals surface area contributed by atoms with Crippen molar-refractivity contribution in [2.75, 3.05) is 24.5 Å². The van der Waals surface area contributed by atoms with Crippen LogP contribution < -0.4 is 9.64 Å². The van der Waals surface area contributed by atoms with Crippen LogP contribution in [0.2, 0.25) is 5.02 Å². The fourth-order valence-electron chi connectivity index (χ4n) is 3.53. The predicted molar refractivity (Wildman–Crippen MR) is 122 cm³/mol. The molecule has 1 amide bonds. The monoisotopic (exact) mass is 434 g/mol. The van der Waals surface area contributed by atoms with Gasteiger partial charge in [-0.2, -0.15) is 0 Å². The topological polar surface area (TPSA) is 58.6 Å². The number of rotatable bonds is 5. The summed E-state index contributed by atoms with van der Waals surface area (Å²) in [5.74, 6) is 1.85. The van der Waals surface area contributed by atoms with Crippen LogP contribution in [0.4, 0.5) is 5.82 Å². The van der Waals surface area contributed by atoms with Crippen LogP contribution in [0.25, 0.3) is 6.08 Å². The van der Waals surface area contributed by atoms with Crippen LogP contribution in [0.1, 0.15) is 12.5 Å². The molecule has 0 bridgehead atoms. The molecule has 7 heteroatoms. The molecule has 4 rings (SSSR count). The highest BCUT2D eigenvalue weighted by Crippen LogP contribution is 2.25. The Bertz CT molecular complexity index is 1070. The van der Waals surface area contributed by atoms with E-state index in [9.17, 15) is 4.79 Å². The van der Waals surface area contributed by atoms with Crippen molar-refractivity contribution in [3.63, 3.8) is 0 Å². The van der Waals surface area contributed by atoms with Gasteiger partial charge in [0, 0.05) is 42.8 Å². The van der Waals surface area contributed by atoms with Gasteiger partial charge in [-0.15, -0.1) is 0 Å². The average molecular weight is 435 g/mol. The Kier molecular flexibility index (Phi) is 6.48. The molecule has 1 fully saturated rings. The summed E-state index contributed by atoms with van der Waals surface area (Å²) in [5.41, 5.74) is 1.01. The van der Waals surface area contributed by atoms with Gasteiger partial charge in [0.05, 0.1) is 0 Å². The van der Waals surface area contributed by atoms with Crippen molar-refractivity contribution < 1.29 is 9.53 Å². The van der Waals surface area contributed by atoms with Gasteiger partial charge in [0.1, 0.15) is 17.9 Å². The lowest BCUT2D eigenvalue weighted by Gasteiger charge is -2.40. The smallest absolute Gasteiger partial charge is 0.246 e. The molecule has 0 saturated carbocycles. The van der Waals surface area contributed by atoms with Gasteiger partial charge in [-0.25, -0.2) is 9.97 Å². The molecule has 1 aliphatic rings. The zero-order valence-electron chi connectivity index (χ0n) is 17.2. The van der Waals surface area contributed by atoms with E-state index in [4.69, 9.17) is 16.3 Å². The van der Waals surface area contributed by atoms with E-state index in [1.54, 1.807) is 24.3 Å². The molecule has 0 unspecified atom stereocenters. The summed E-state index contributed by atoms with van der Waals surface area (Å²) >= 11 is 6.02. The maximum absolute atomic E-state index is 12.7. The van der Waals surface area contributed by atoms with Crippen molar-refractivity contribution in [1.29, 1.82) is 0 Å². The number of anilines is 1. The molecule has 158 valence electrons. The number of carbonyl (C=O) groups is 1. The first-order valence-corrected chi connectivity index (χ1v) is 10.5. The van der Waals surface area contributed by atoms with Crippen molar-refractivity contribution in [3.05, 3.63) is 83.7 Å². The highest BCUT2D eigenvalue weighted by molar-refractivity contribution is 6.30. The highest BCUT2D eigenvalue weighted by atomic mass is 35.5. The van der Waals surface area contributed by atoms with Crippen LogP contribution in [0.5, 0.6) is 11.6 Å². The number of hydrogen-bond acceptors (Lipinski definition) is 5. The largest absolute Gasteiger partial charge is 0.439 e. The summed E-state index contributed by atoms with van der Waals surface area (Å²) < 4.78 is 5.81. The third-order valence-corrected chi connectivity index (χ3v) is 5.33. The van der Waals surface area contributed by atoms with Gasteiger partial charge in [-0.1, -0.05) is 48.0 Å². The minimum Gasteiger partial charge on any atom is -0.439 e. The van der Waals surface area contributed by atoms with Crippen LogP contribution in [-0.4, -0.2) is 46.5 Å². The Morgan fingerprint density at radius 1 is 1.10 bits per heavy atom. The molecule has 1 saturated heterocycles. The molecule has 6 nitrogen and oxygen atoms in total. The van der Waals surface area contributed by atoms with Crippen LogP contribution in [-0.2, 0) is 4.79 Å². The van der Waals surface area contributed by atoms with E-state index in [0.717, 1.165) is 11.4 Å². The van der Waals surface area contributed by atoms with Crippen LogP contribution in [0.3, 0.4) is 0 Å². The number of ether oxygens (including phenoxy) is 1. The molecule has 1 aliphatic heterocycles. The fourth-order valence-corrected chi connectivity index (χ4v) is 3.71. The minimum atomic E-state index is 0.0173. The second-order valence-corrected chi connectivity index (χ2v) is 7.78. The molecule has 2 heterocycles. The number of aromatic nitrogens is 2. The molecule has 1 atom stereocenters. The fraction of sp³-hybridized carbons (Fsp3) is 0.208. The summed E-state index contributed by atoms with van der Waals surface area (Å²) in [6.45, 7) is 4.03. The van der Waals surface area contributed by atoms with Crippen LogP contribution in [0.15, 0.2) is 73.1 Å². The molecule has 3 aromatic rings. The molecule has 0 spiro atoms. The van der Waals surface area contributed by atoms with Gasteiger partial charge in [0.15, 0.2) is 0 Å². The second-order valence-electron chi connectivity index (χ2n) is 7.34. The first kappa shape index (κ1) is 20.9. The van der Waals surface area contributed by atoms with E-state index in [0.29, 0.717) is 36.3 Å². The molecule has 31 heavy (non-hydrogen) atoms. The maximum Gasteiger partial charge on any atom is 0.246 e. The van der Waals surface area contributed by atoms with Crippen molar-refractivity contribution in [2.45, 2.75) is 13.0 Å². The number of amides is 1. The molecule has 1 aromatic heterocycles. The van der Waals surface area contributed by atoms with E-state index in [2.05, 4.69) is 14.9 Å². The quantitative estimate of drug-likeness (QED) is 0.546. The number of piperazine rings is 1. The lowest BCUT2D eigenvalue weighted by Crippen LogP contribution is -2.54. The summed E-state index contributed by atoms with van der Waals surface area (Å²) in [6, 6.07) is 18.8. The number of benzene rings is 2. The van der Waals surface area contributed by atoms with Crippen molar-refractivity contribution in [3.8, 4) is 11.6 Å². The Morgan fingerprint density at radius 2 is 1.94 bits per heavy atom. The Labute approximate surface area is 186 Å². The van der Waals surface area contributed by atoms with E-state index in [1.165, 1.54) is 6.33 Å². The Balaban J connectivity index is 1.39. The SMILES string of the molecule is C[C@H]1CN(c2cc(Oc3cccc(Cl)c3)ncn2)CCN1C(=O)/C=C/c1ccccc1. The van der Waals surface area contributed by atoms with Gasteiger partial charge in [0.25, 0.3) is 0 Å². The van der Waals surface area contributed by atoms with E-state index in [1.807, 2.05) is 60.4 Å². The summed E-state index contributed by atoms with van der Waals surface area (Å²) in [6.07, 6.45) is 4.98. The number of halogens is 1. The van der Waals surface area contributed by atoms with Gasteiger partial charge >= 0.3 is 0 Å². The molecule has 0 radical (unpaired) electrons. The number of hydrogen-bond donors (Lipinski definition) is 0. The summed E-state index contributed by atoms with van der Waals surface area (Å²) in [4.78, 5) is 25.3. The van der Waals surface area contributed by atoms with Crippen molar-refractivity contribution in [2.24, 2.45) is 0 Å². The third kappa shape index (κ3) is 5.41. The standard InChI is InChI=1S/C24H23ClN4O2/c1-18-16-28(12-13-29(18)24(30)11-10-19-6-3-2-4-7-19)22-15-23(27-17-26-22)31-21-9-5-8-20(25)14-21/h2-11,14-15,17-18H,12-13,16H2,1H3/b11-10+/t18-/m0/s1.